The molecule has 7 nitrogen and oxygen atoms in total. The predicted molar refractivity (Wildman–Crippen MR) is 107 cm³/mol. The van der Waals surface area contributed by atoms with Gasteiger partial charge in [0, 0.05) is 18.7 Å². The molecule has 1 aromatic carbocycles. The van der Waals surface area contributed by atoms with Crippen molar-refractivity contribution in [3.63, 3.8) is 0 Å². The summed E-state index contributed by atoms with van der Waals surface area (Å²) >= 11 is 0. The zero-order valence-corrected chi connectivity index (χ0v) is 17.9. The number of ether oxygens (including phenoxy) is 1. The van der Waals surface area contributed by atoms with Crippen molar-refractivity contribution in [2.24, 2.45) is 0 Å². The van der Waals surface area contributed by atoms with Gasteiger partial charge in [-0.3, -0.25) is 4.79 Å². The fraction of sp³-hybridized carbons (Fsp3) is 0.650. The lowest BCUT2D eigenvalue weighted by Crippen LogP contribution is -3.14. The summed E-state index contributed by atoms with van der Waals surface area (Å²) in [5.41, 5.74) is 0.543. The largest absolute Gasteiger partial charge is 0.373 e. The van der Waals surface area contributed by atoms with Gasteiger partial charge in [0.25, 0.3) is 5.91 Å². The maximum absolute atomic E-state index is 12.9. The van der Waals surface area contributed by atoms with Crippen LogP contribution in [0.3, 0.4) is 0 Å². The van der Waals surface area contributed by atoms with Gasteiger partial charge in [-0.15, -0.1) is 0 Å². The monoisotopic (exact) mass is 410 g/mol. The van der Waals surface area contributed by atoms with Gasteiger partial charge in [0.2, 0.25) is 10.0 Å². The summed E-state index contributed by atoms with van der Waals surface area (Å²) in [4.78, 5) is 16.4. The van der Waals surface area contributed by atoms with Crippen LogP contribution in [0.2, 0.25) is 0 Å². The average Bonchev–Trinajstić information content (AvgIpc) is 2.68. The van der Waals surface area contributed by atoms with E-state index in [0.717, 1.165) is 39.1 Å². The molecular weight excluding hydrogens is 378 g/mol. The number of nitrogens with zero attached hydrogens (tertiary/aromatic N) is 2. The van der Waals surface area contributed by atoms with E-state index in [9.17, 15) is 13.2 Å². The highest BCUT2D eigenvalue weighted by molar-refractivity contribution is 7.89. The average molecular weight is 411 g/mol. The topological polar surface area (TPSA) is 71.4 Å². The number of benzene rings is 1. The van der Waals surface area contributed by atoms with Crippen LogP contribution in [0.25, 0.3) is 0 Å². The van der Waals surface area contributed by atoms with Gasteiger partial charge in [-0.25, -0.2) is 8.42 Å². The lowest BCUT2D eigenvalue weighted by Gasteiger charge is -2.34. The smallest absolute Gasteiger partial charge is 0.254 e. The molecule has 0 aromatic heterocycles. The second-order valence-electron chi connectivity index (χ2n) is 7.90. The number of carbonyl (C=O) groups is 1. The number of hydrogen-bond acceptors (Lipinski definition) is 4. The third-order valence-corrected chi connectivity index (χ3v) is 7.33. The van der Waals surface area contributed by atoms with E-state index in [-0.39, 0.29) is 23.0 Å². The van der Waals surface area contributed by atoms with Gasteiger partial charge in [-0.2, -0.15) is 4.31 Å². The standard InChI is InChI=1S/C20H31N3O4S/c1-4-9-21-10-12-22(13-11-21)20(24)18-5-7-19(8-6-18)28(25,26)23-14-16(2)27-17(3)15-23/h5-8,16-17H,4,9-15H2,1-3H3/p+1/t16-,17+. The van der Waals surface area contributed by atoms with Gasteiger partial charge >= 0.3 is 0 Å². The molecule has 0 radical (unpaired) electrons. The van der Waals surface area contributed by atoms with Crippen molar-refractivity contribution >= 4 is 15.9 Å². The Morgan fingerprint density at radius 1 is 1.11 bits per heavy atom. The van der Waals surface area contributed by atoms with Crippen LogP contribution in [0, 0.1) is 0 Å². The van der Waals surface area contributed by atoms with E-state index >= 15 is 0 Å². The second kappa shape index (κ2) is 8.90. The fourth-order valence-corrected chi connectivity index (χ4v) is 5.65. The quantitative estimate of drug-likeness (QED) is 0.755. The molecule has 2 atom stereocenters. The lowest BCUT2D eigenvalue weighted by molar-refractivity contribution is -0.904. The van der Waals surface area contributed by atoms with E-state index in [1.165, 1.54) is 4.31 Å². The Labute approximate surface area is 168 Å². The van der Waals surface area contributed by atoms with Crippen molar-refractivity contribution in [2.75, 3.05) is 45.8 Å². The molecule has 2 aliphatic rings. The third kappa shape index (κ3) is 4.74. The minimum Gasteiger partial charge on any atom is -0.373 e. The summed E-state index contributed by atoms with van der Waals surface area (Å²) in [5, 5.41) is 0. The van der Waals surface area contributed by atoms with E-state index in [4.69, 9.17) is 4.74 Å². The maximum atomic E-state index is 12.9. The molecule has 1 N–H and O–H groups in total. The molecule has 2 aliphatic heterocycles. The van der Waals surface area contributed by atoms with Crippen molar-refractivity contribution in [2.45, 2.75) is 44.3 Å². The molecule has 8 heteroatoms. The van der Waals surface area contributed by atoms with Crippen molar-refractivity contribution in [3.8, 4) is 0 Å². The summed E-state index contributed by atoms with van der Waals surface area (Å²) < 4.78 is 33.0. The summed E-state index contributed by atoms with van der Waals surface area (Å²) in [7, 11) is -3.58. The van der Waals surface area contributed by atoms with E-state index in [1.807, 2.05) is 18.7 Å². The van der Waals surface area contributed by atoms with Gasteiger partial charge in [0.15, 0.2) is 0 Å². The van der Waals surface area contributed by atoms with Gasteiger partial charge in [0.05, 0.1) is 49.8 Å². The Morgan fingerprint density at radius 3 is 2.21 bits per heavy atom. The molecule has 0 spiro atoms. The summed E-state index contributed by atoms with van der Waals surface area (Å²) in [6.45, 7) is 11.2. The summed E-state index contributed by atoms with van der Waals surface area (Å²) in [5.74, 6) is -0.0203. The van der Waals surface area contributed by atoms with Crippen LogP contribution < -0.4 is 4.90 Å². The fourth-order valence-electron chi connectivity index (χ4n) is 4.06. The summed E-state index contributed by atoms with van der Waals surface area (Å²) in [6, 6.07) is 6.36. The molecule has 3 rings (SSSR count). The lowest BCUT2D eigenvalue weighted by atomic mass is 10.2. The number of hydrogen-bond donors (Lipinski definition) is 1. The highest BCUT2D eigenvalue weighted by Gasteiger charge is 2.32. The first-order valence-electron chi connectivity index (χ1n) is 10.2. The zero-order chi connectivity index (χ0) is 20.3. The number of piperazine rings is 1. The van der Waals surface area contributed by atoms with Crippen LogP contribution in [-0.4, -0.2) is 81.6 Å². The minimum atomic E-state index is -3.58. The van der Waals surface area contributed by atoms with Gasteiger partial charge < -0.3 is 14.5 Å². The number of sulfonamides is 1. The number of morpholine rings is 1. The molecular formula is C20H32N3O4S+. The van der Waals surface area contributed by atoms with Crippen LogP contribution in [0.15, 0.2) is 29.2 Å². The van der Waals surface area contributed by atoms with Crippen molar-refractivity contribution < 1.29 is 22.8 Å². The first-order valence-corrected chi connectivity index (χ1v) is 11.6. The first-order chi connectivity index (χ1) is 13.3. The highest BCUT2D eigenvalue weighted by Crippen LogP contribution is 2.21. The van der Waals surface area contributed by atoms with Crippen LogP contribution in [0.5, 0.6) is 0 Å². The Bertz CT molecular complexity index is 763. The van der Waals surface area contributed by atoms with Gasteiger partial charge in [-0.05, 0) is 44.5 Å². The maximum Gasteiger partial charge on any atom is 0.254 e. The highest BCUT2D eigenvalue weighted by atomic mass is 32.2. The molecule has 2 saturated heterocycles. The molecule has 0 bridgehead atoms. The van der Waals surface area contributed by atoms with E-state index < -0.39 is 10.0 Å². The zero-order valence-electron chi connectivity index (χ0n) is 17.1. The number of quaternary nitrogens is 1. The molecule has 1 aromatic rings. The Hall–Kier alpha value is -1.48. The van der Waals surface area contributed by atoms with Gasteiger partial charge in [-0.1, -0.05) is 6.92 Å². The Balaban J connectivity index is 1.67. The molecule has 28 heavy (non-hydrogen) atoms. The Kier molecular flexibility index (Phi) is 6.75. The molecule has 1 amide bonds. The van der Waals surface area contributed by atoms with Crippen molar-refractivity contribution in [1.82, 2.24) is 9.21 Å². The molecule has 156 valence electrons. The number of carbonyl (C=O) groups excluding carboxylic acids is 1. The van der Waals surface area contributed by atoms with E-state index in [0.29, 0.717) is 18.7 Å². The van der Waals surface area contributed by atoms with Gasteiger partial charge in [0.1, 0.15) is 0 Å². The van der Waals surface area contributed by atoms with Crippen molar-refractivity contribution in [3.05, 3.63) is 29.8 Å². The van der Waals surface area contributed by atoms with Crippen LogP contribution in [-0.2, 0) is 14.8 Å². The van der Waals surface area contributed by atoms with Crippen LogP contribution >= 0.6 is 0 Å². The minimum absolute atomic E-state index is 0.0203. The predicted octanol–water partition coefficient (Wildman–Crippen LogP) is 0.235. The molecule has 2 heterocycles. The Morgan fingerprint density at radius 2 is 1.68 bits per heavy atom. The van der Waals surface area contributed by atoms with Crippen molar-refractivity contribution in [1.29, 1.82) is 0 Å². The number of rotatable bonds is 5. The molecule has 0 aliphatic carbocycles. The third-order valence-electron chi connectivity index (χ3n) is 5.49. The molecule has 0 saturated carbocycles. The SMILES string of the molecule is CCC[NH+]1CCN(C(=O)c2ccc(S(=O)(=O)N3C[C@@H](C)O[C@@H](C)C3)cc2)CC1. The summed E-state index contributed by atoms with van der Waals surface area (Å²) in [6.07, 6.45) is 0.890. The van der Waals surface area contributed by atoms with E-state index in [2.05, 4.69) is 6.92 Å². The number of nitrogens with one attached hydrogen (secondary N) is 1. The molecule has 0 unspecified atom stereocenters. The number of amides is 1. The normalized spacial score (nSPS) is 25.0. The van der Waals surface area contributed by atoms with Crippen LogP contribution in [0.1, 0.15) is 37.6 Å². The molecule has 2 fully saturated rings. The first kappa shape index (κ1) is 21.2. The van der Waals surface area contributed by atoms with Crippen LogP contribution in [0.4, 0.5) is 0 Å². The van der Waals surface area contributed by atoms with E-state index in [1.54, 1.807) is 29.2 Å². The second-order valence-corrected chi connectivity index (χ2v) is 9.83.